The van der Waals surface area contributed by atoms with Gasteiger partial charge in [-0.2, -0.15) is 0 Å². The number of rotatable bonds is 2. The topological polar surface area (TPSA) is 52.0 Å². The fourth-order valence-corrected chi connectivity index (χ4v) is 1.65. The van der Waals surface area contributed by atoms with E-state index >= 15 is 0 Å². The summed E-state index contributed by atoms with van der Waals surface area (Å²) in [6.45, 7) is 3.83. The van der Waals surface area contributed by atoms with E-state index in [1.165, 1.54) is 0 Å². The van der Waals surface area contributed by atoms with Gasteiger partial charge >= 0.3 is 0 Å². The summed E-state index contributed by atoms with van der Waals surface area (Å²) in [6.07, 6.45) is 1.68. The van der Waals surface area contributed by atoms with Crippen LogP contribution in [0.2, 0.25) is 5.02 Å². The van der Waals surface area contributed by atoms with Crippen molar-refractivity contribution in [3.05, 3.63) is 40.9 Å². The lowest BCUT2D eigenvalue weighted by Gasteiger charge is -2.02. The highest BCUT2D eigenvalue weighted by Crippen LogP contribution is 2.28. The fraction of sp³-hybridized carbons (Fsp3) is 0.250. The molecule has 0 fully saturated rings. The second kappa shape index (κ2) is 4.28. The summed E-state index contributed by atoms with van der Waals surface area (Å²) in [5.41, 5.74) is 7.74. The fourth-order valence-electron chi connectivity index (χ4n) is 1.48. The van der Waals surface area contributed by atoms with Gasteiger partial charge in [-0.05, 0) is 31.5 Å². The van der Waals surface area contributed by atoms with E-state index in [0.717, 1.165) is 11.1 Å². The molecule has 0 aliphatic heterocycles. The number of aryl methyl sites for hydroxylation is 1. The summed E-state index contributed by atoms with van der Waals surface area (Å²) in [5.74, 6) is 1.24. The molecule has 1 unspecified atom stereocenters. The zero-order valence-electron chi connectivity index (χ0n) is 9.20. The number of hydrogen-bond acceptors (Lipinski definition) is 3. The Morgan fingerprint density at radius 3 is 2.81 bits per heavy atom. The maximum absolute atomic E-state index is 5.95. The largest absolute Gasteiger partial charge is 0.439 e. The third-order valence-corrected chi connectivity index (χ3v) is 2.61. The smallest absolute Gasteiger partial charge is 0.211 e. The first-order valence-corrected chi connectivity index (χ1v) is 5.43. The van der Waals surface area contributed by atoms with Crippen molar-refractivity contribution in [3.8, 4) is 11.3 Å². The summed E-state index contributed by atoms with van der Waals surface area (Å²) in [6, 6.07) is 5.46. The number of halogens is 1. The van der Waals surface area contributed by atoms with Crippen LogP contribution in [0.15, 0.2) is 28.8 Å². The van der Waals surface area contributed by atoms with E-state index in [2.05, 4.69) is 4.98 Å². The van der Waals surface area contributed by atoms with Gasteiger partial charge in [0.1, 0.15) is 0 Å². The quantitative estimate of drug-likeness (QED) is 0.870. The Morgan fingerprint density at radius 1 is 1.44 bits per heavy atom. The van der Waals surface area contributed by atoms with Crippen molar-refractivity contribution in [1.82, 2.24) is 4.98 Å². The van der Waals surface area contributed by atoms with Crippen molar-refractivity contribution >= 4 is 11.6 Å². The van der Waals surface area contributed by atoms with Gasteiger partial charge in [0.15, 0.2) is 5.76 Å². The standard InChI is InChI=1S/C12H13ClN2O/c1-7-3-4-9(13)5-10(7)11-6-15-12(16-11)8(2)14/h3-6,8H,14H2,1-2H3. The molecule has 0 aliphatic carbocycles. The molecule has 0 amide bonds. The molecule has 2 rings (SSSR count). The van der Waals surface area contributed by atoms with Gasteiger partial charge in [-0.15, -0.1) is 0 Å². The van der Waals surface area contributed by atoms with Crippen LogP contribution in [0.3, 0.4) is 0 Å². The molecule has 84 valence electrons. The molecule has 1 atom stereocenters. The zero-order valence-corrected chi connectivity index (χ0v) is 9.95. The van der Waals surface area contributed by atoms with Crippen LogP contribution < -0.4 is 5.73 Å². The molecule has 0 spiro atoms. The van der Waals surface area contributed by atoms with Crippen LogP contribution in [-0.2, 0) is 0 Å². The minimum atomic E-state index is -0.201. The second-order valence-corrected chi connectivity index (χ2v) is 4.25. The van der Waals surface area contributed by atoms with E-state index in [9.17, 15) is 0 Å². The molecule has 0 saturated carbocycles. The predicted molar refractivity (Wildman–Crippen MR) is 64.3 cm³/mol. The normalized spacial score (nSPS) is 12.8. The van der Waals surface area contributed by atoms with E-state index in [0.29, 0.717) is 16.7 Å². The first-order valence-electron chi connectivity index (χ1n) is 5.06. The molecule has 2 aromatic rings. The van der Waals surface area contributed by atoms with E-state index in [4.69, 9.17) is 21.8 Å². The molecule has 1 aromatic carbocycles. The highest BCUT2D eigenvalue weighted by Gasteiger charge is 2.11. The average molecular weight is 237 g/mol. The molecule has 16 heavy (non-hydrogen) atoms. The number of benzene rings is 1. The van der Waals surface area contributed by atoms with Crippen LogP contribution in [-0.4, -0.2) is 4.98 Å². The molecule has 0 saturated heterocycles. The van der Waals surface area contributed by atoms with Gasteiger partial charge in [-0.3, -0.25) is 0 Å². The Bertz CT molecular complexity index is 505. The second-order valence-electron chi connectivity index (χ2n) is 3.81. The lowest BCUT2D eigenvalue weighted by Crippen LogP contribution is -2.04. The van der Waals surface area contributed by atoms with Crippen LogP contribution in [0.1, 0.15) is 24.4 Å². The molecule has 1 heterocycles. The lowest BCUT2D eigenvalue weighted by molar-refractivity contribution is 0.473. The minimum Gasteiger partial charge on any atom is -0.439 e. The van der Waals surface area contributed by atoms with E-state index in [1.807, 2.05) is 32.0 Å². The zero-order chi connectivity index (χ0) is 11.7. The lowest BCUT2D eigenvalue weighted by atomic mass is 10.1. The van der Waals surface area contributed by atoms with E-state index in [-0.39, 0.29) is 6.04 Å². The van der Waals surface area contributed by atoms with Gasteiger partial charge in [0.25, 0.3) is 0 Å². The Hall–Kier alpha value is -1.32. The molecule has 0 aliphatic rings. The summed E-state index contributed by atoms with van der Waals surface area (Å²) in [4.78, 5) is 4.13. The van der Waals surface area contributed by atoms with Gasteiger partial charge in [0.2, 0.25) is 5.89 Å². The predicted octanol–water partition coefficient (Wildman–Crippen LogP) is 3.32. The number of aromatic nitrogens is 1. The summed E-state index contributed by atoms with van der Waals surface area (Å²) >= 11 is 5.95. The van der Waals surface area contributed by atoms with Gasteiger partial charge in [0.05, 0.1) is 12.2 Å². The van der Waals surface area contributed by atoms with Crippen LogP contribution in [0.5, 0.6) is 0 Å². The number of nitrogens with two attached hydrogens (primary N) is 1. The Kier molecular flexibility index (Phi) is 2.99. The van der Waals surface area contributed by atoms with Gasteiger partial charge in [-0.25, -0.2) is 4.98 Å². The maximum atomic E-state index is 5.95. The van der Waals surface area contributed by atoms with Crippen LogP contribution in [0, 0.1) is 6.92 Å². The molecule has 2 N–H and O–H groups in total. The molecule has 0 bridgehead atoms. The van der Waals surface area contributed by atoms with Crippen LogP contribution >= 0.6 is 11.6 Å². The first kappa shape index (κ1) is 11.2. The van der Waals surface area contributed by atoms with Crippen LogP contribution in [0.25, 0.3) is 11.3 Å². The molecule has 1 aromatic heterocycles. The van der Waals surface area contributed by atoms with Crippen molar-refractivity contribution in [2.45, 2.75) is 19.9 Å². The van der Waals surface area contributed by atoms with Crippen molar-refractivity contribution in [2.24, 2.45) is 5.73 Å². The van der Waals surface area contributed by atoms with Crippen molar-refractivity contribution < 1.29 is 4.42 Å². The molecule has 4 heteroatoms. The molecule has 0 radical (unpaired) electrons. The monoisotopic (exact) mass is 236 g/mol. The average Bonchev–Trinajstić information content (AvgIpc) is 2.70. The first-order chi connectivity index (χ1) is 7.58. The third kappa shape index (κ3) is 2.10. The maximum Gasteiger partial charge on any atom is 0.211 e. The molecular formula is C12H13ClN2O. The Balaban J connectivity index is 2.46. The van der Waals surface area contributed by atoms with Gasteiger partial charge in [0, 0.05) is 10.6 Å². The summed E-state index contributed by atoms with van der Waals surface area (Å²) in [7, 11) is 0. The highest BCUT2D eigenvalue weighted by molar-refractivity contribution is 6.30. The van der Waals surface area contributed by atoms with Gasteiger partial charge in [-0.1, -0.05) is 17.7 Å². The van der Waals surface area contributed by atoms with Crippen molar-refractivity contribution in [3.63, 3.8) is 0 Å². The number of oxazole rings is 1. The molecule has 3 nitrogen and oxygen atoms in total. The Labute approximate surface area is 99.2 Å². The third-order valence-electron chi connectivity index (χ3n) is 2.38. The van der Waals surface area contributed by atoms with Crippen molar-refractivity contribution in [2.75, 3.05) is 0 Å². The van der Waals surface area contributed by atoms with E-state index < -0.39 is 0 Å². The molecular weight excluding hydrogens is 224 g/mol. The van der Waals surface area contributed by atoms with Crippen LogP contribution in [0.4, 0.5) is 0 Å². The summed E-state index contributed by atoms with van der Waals surface area (Å²) in [5, 5.41) is 0.680. The number of nitrogens with zero attached hydrogens (tertiary/aromatic N) is 1. The summed E-state index contributed by atoms with van der Waals surface area (Å²) < 4.78 is 5.57. The van der Waals surface area contributed by atoms with E-state index in [1.54, 1.807) is 6.20 Å². The Morgan fingerprint density at radius 2 is 2.19 bits per heavy atom. The highest BCUT2D eigenvalue weighted by atomic mass is 35.5. The SMILES string of the molecule is Cc1ccc(Cl)cc1-c1cnc(C(C)N)o1. The minimum absolute atomic E-state index is 0.201. The number of hydrogen-bond donors (Lipinski definition) is 1. The van der Waals surface area contributed by atoms with Crippen molar-refractivity contribution in [1.29, 1.82) is 0 Å². The van der Waals surface area contributed by atoms with Gasteiger partial charge < -0.3 is 10.2 Å².